The Hall–Kier alpha value is -0.550. The van der Waals surface area contributed by atoms with Gasteiger partial charge in [-0.15, -0.1) is 11.3 Å². The molecule has 0 atom stereocenters. The van der Waals surface area contributed by atoms with E-state index in [4.69, 9.17) is 17.3 Å². The highest BCUT2D eigenvalue weighted by Gasteiger charge is 2.07. The highest BCUT2D eigenvalue weighted by molar-refractivity contribution is 9.10. The van der Waals surface area contributed by atoms with Crippen LogP contribution in [0.5, 0.6) is 0 Å². The molecule has 2 nitrogen and oxygen atoms in total. The molecule has 0 radical (unpaired) electrons. The summed E-state index contributed by atoms with van der Waals surface area (Å²) in [5, 5.41) is 2.83. The van der Waals surface area contributed by atoms with Gasteiger partial charge in [0.05, 0.1) is 0 Å². The summed E-state index contributed by atoms with van der Waals surface area (Å²) in [7, 11) is 2.08. The first-order valence-corrected chi connectivity index (χ1v) is 7.55. The van der Waals surface area contributed by atoms with Gasteiger partial charge < -0.3 is 5.73 Å². The first kappa shape index (κ1) is 13.9. The van der Waals surface area contributed by atoms with Crippen molar-refractivity contribution >= 4 is 44.6 Å². The maximum absolute atomic E-state index is 6.17. The molecule has 0 saturated carbocycles. The van der Waals surface area contributed by atoms with Gasteiger partial charge in [0, 0.05) is 38.5 Å². The fourth-order valence-corrected chi connectivity index (χ4v) is 3.52. The van der Waals surface area contributed by atoms with Crippen molar-refractivity contribution in [1.82, 2.24) is 4.90 Å². The summed E-state index contributed by atoms with van der Waals surface area (Å²) in [4.78, 5) is 3.56. The lowest BCUT2D eigenvalue weighted by Crippen LogP contribution is -2.16. The van der Waals surface area contributed by atoms with Gasteiger partial charge in [0.1, 0.15) is 0 Å². The van der Waals surface area contributed by atoms with Gasteiger partial charge in [0.25, 0.3) is 0 Å². The number of nitrogens with two attached hydrogens (primary N) is 1. The number of anilines is 1. The molecule has 0 spiro atoms. The molecular weight excluding hydrogens is 332 g/mol. The van der Waals surface area contributed by atoms with Gasteiger partial charge in [-0.1, -0.05) is 17.7 Å². The summed E-state index contributed by atoms with van der Waals surface area (Å²) in [6, 6.07) is 7.81. The summed E-state index contributed by atoms with van der Waals surface area (Å²) in [6.07, 6.45) is 0. The zero-order chi connectivity index (χ0) is 13.1. The third kappa shape index (κ3) is 3.72. The number of hydrogen-bond donors (Lipinski definition) is 1. The Morgan fingerprint density at radius 2 is 2.11 bits per heavy atom. The number of benzene rings is 1. The minimum Gasteiger partial charge on any atom is -0.399 e. The Labute approximate surface area is 124 Å². The van der Waals surface area contributed by atoms with E-state index in [-0.39, 0.29) is 0 Å². The van der Waals surface area contributed by atoms with Crippen LogP contribution in [-0.2, 0) is 13.1 Å². The van der Waals surface area contributed by atoms with E-state index in [2.05, 4.69) is 39.3 Å². The van der Waals surface area contributed by atoms with E-state index < -0.39 is 0 Å². The van der Waals surface area contributed by atoms with Crippen molar-refractivity contribution in [1.29, 1.82) is 0 Å². The van der Waals surface area contributed by atoms with Crippen LogP contribution in [0.25, 0.3) is 0 Å². The van der Waals surface area contributed by atoms with Gasteiger partial charge in [-0.25, -0.2) is 0 Å². The summed E-state index contributed by atoms with van der Waals surface area (Å²) >= 11 is 11.4. The lowest BCUT2D eigenvalue weighted by molar-refractivity contribution is 0.322. The number of hydrogen-bond acceptors (Lipinski definition) is 3. The lowest BCUT2D eigenvalue weighted by atomic mass is 10.2. The van der Waals surface area contributed by atoms with Crippen LogP contribution < -0.4 is 5.73 Å². The van der Waals surface area contributed by atoms with Crippen molar-refractivity contribution in [3.05, 3.63) is 49.6 Å². The fourth-order valence-electron chi connectivity index (χ4n) is 1.74. The van der Waals surface area contributed by atoms with E-state index in [9.17, 15) is 0 Å². The predicted octanol–water partition coefficient (Wildman–Crippen LogP) is 4.38. The molecule has 0 fully saturated rings. The average Bonchev–Trinajstić information content (AvgIpc) is 2.68. The molecule has 1 aromatic heterocycles. The third-order valence-corrected chi connectivity index (χ3v) is 4.60. The fraction of sp³-hybridized carbons (Fsp3) is 0.231. The molecule has 1 aromatic carbocycles. The second-order valence-corrected chi connectivity index (χ2v) is 6.57. The first-order valence-electron chi connectivity index (χ1n) is 5.50. The van der Waals surface area contributed by atoms with Gasteiger partial charge in [-0.05, 0) is 46.7 Å². The van der Waals surface area contributed by atoms with E-state index in [0.717, 1.165) is 28.1 Å². The van der Waals surface area contributed by atoms with E-state index in [1.54, 1.807) is 17.4 Å². The Morgan fingerprint density at radius 3 is 2.72 bits per heavy atom. The molecule has 0 aliphatic rings. The van der Waals surface area contributed by atoms with Crippen molar-refractivity contribution in [2.75, 3.05) is 12.8 Å². The number of halogens is 2. The highest BCUT2D eigenvalue weighted by atomic mass is 79.9. The van der Waals surface area contributed by atoms with E-state index in [0.29, 0.717) is 5.69 Å². The smallest absolute Gasteiger partial charge is 0.0471 e. The summed E-state index contributed by atoms with van der Waals surface area (Å²) in [6.45, 7) is 1.73. The molecule has 0 saturated heterocycles. The zero-order valence-corrected chi connectivity index (χ0v) is 13.1. The zero-order valence-electron chi connectivity index (χ0n) is 9.99. The van der Waals surface area contributed by atoms with Crippen LogP contribution in [0, 0.1) is 0 Å². The Morgan fingerprint density at radius 1 is 1.33 bits per heavy atom. The van der Waals surface area contributed by atoms with Crippen LogP contribution in [0.2, 0.25) is 5.02 Å². The maximum Gasteiger partial charge on any atom is 0.0471 e. The maximum atomic E-state index is 6.17. The van der Waals surface area contributed by atoms with Gasteiger partial charge >= 0.3 is 0 Å². The number of thiophene rings is 1. The van der Waals surface area contributed by atoms with E-state index in [1.165, 1.54) is 4.88 Å². The Kier molecular flexibility index (Phi) is 4.67. The largest absolute Gasteiger partial charge is 0.399 e. The molecule has 0 aliphatic carbocycles. The van der Waals surface area contributed by atoms with Gasteiger partial charge in [-0.2, -0.15) is 0 Å². The molecule has 0 bridgehead atoms. The topological polar surface area (TPSA) is 29.3 Å². The van der Waals surface area contributed by atoms with Crippen molar-refractivity contribution in [3.63, 3.8) is 0 Å². The monoisotopic (exact) mass is 344 g/mol. The summed E-state index contributed by atoms with van der Waals surface area (Å²) in [5.74, 6) is 0. The van der Waals surface area contributed by atoms with Crippen LogP contribution in [0.15, 0.2) is 34.1 Å². The lowest BCUT2D eigenvalue weighted by Gasteiger charge is -2.16. The van der Waals surface area contributed by atoms with Crippen LogP contribution in [-0.4, -0.2) is 11.9 Å². The molecule has 2 aromatic rings. The quantitative estimate of drug-likeness (QED) is 0.833. The molecule has 1 heterocycles. The van der Waals surface area contributed by atoms with Crippen molar-refractivity contribution in [2.45, 2.75) is 13.1 Å². The molecule has 5 heteroatoms. The average molecular weight is 346 g/mol. The first-order chi connectivity index (χ1) is 8.54. The molecule has 0 amide bonds. The third-order valence-electron chi connectivity index (χ3n) is 2.56. The van der Waals surface area contributed by atoms with Crippen molar-refractivity contribution in [3.8, 4) is 0 Å². The molecule has 96 valence electrons. The molecule has 18 heavy (non-hydrogen) atoms. The van der Waals surface area contributed by atoms with Crippen LogP contribution >= 0.6 is 38.9 Å². The second kappa shape index (κ2) is 6.06. The van der Waals surface area contributed by atoms with Crippen molar-refractivity contribution in [2.24, 2.45) is 0 Å². The number of nitrogens with zero attached hydrogens (tertiary/aromatic N) is 1. The van der Waals surface area contributed by atoms with Crippen LogP contribution in [0.4, 0.5) is 5.69 Å². The molecule has 0 aliphatic heterocycles. The minimum atomic E-state index is 0.702. The van der Waals surface area contributed by atoms with E-state index >= 15 is 0 Å². The predicted molar refractivity (Wildman–Crippen MR) is 83.1 cm³/mol. The van der Waals surface area contributed by atoms with Gasteiger partial charge in [0.15, 0.2) is 0 Å². The molecular formula is C13H14BrClN2S. The van der Waals surface area contributed by atoms with Gasteiger partial charge in [0.2, 0.25) is 0 Å². The number of nitrogen functional groups attached to an aromatic ring is 1. The molecule has 2 rings (SSSR count). The second-order valence-electron chi connectivity index (χ2n) is 4.25. The van der Waals surface area contributed by atoms with Crippen LogP contribution in [0.1, 0.15) is 10.4 Å². The summed E-state index contributed by atoms with van der Waals surface area (Å²) in [5.41, 5.74) is 7.49. The van der Waals surface area contributed by atoms with Crippen molar-refractivity contribution < 1.29 is 0 Å². The summed E-state index contributed by atoms with van der Waals surface area (Å²) < 4.78 is 1.14. The standard InChI is InChI=1S/C13H14BrClN2S/c1-17(7-12-4-10(14)8-18-12)6-9-2-3-11(16)5-13(9)15/h2-5,8H,6-7,16H2,1H3. The highest BCUT2D eigenvalue weighted by Crippen LogP contribution is 2.23. The minimum absolute atomic E-state index is 0.702. The Bertz CT molecular complexity index is 542. The molecule has 2 N–H and O–H groups in total. The van der Waals surface area contributed by atoms with Crippen LogP contribution in [0.3, 0.4) is 0 Å². The van der Waals surface area contributed by atoms with E-state index in [1.807, 2.05) is 12.1 Å². The molecule has 0 unspecified atom stereocenters. The Balaban J connectivity index is 2.00. The number of rotatable bonds is 4. The SMILES string of the molecule is CN(Cc1cc(Br)cs1)Cc1ccc(N)cc1Cl. The normalized spacial score (nSPS) is 11.1. The van der Waals surface area contributed by atoms with Gasteiger partial charge in [-0.3, -0.25) is 4.90 Å².